The Labute approximate surface area is 119 Å². The second kappa shape index (κ2) is 5.96. The molecule has 1 heterocycles. The number of hydrogen-bond donors (Lipinski definition) is 1. The Morgan fingerprint density at radius 1 is 1.45 bits per heavy atom. The molecule has 1 unspecified atom stereocenters. The fraction of sp³-hybridized carbons (Fsp3) is 0.400. The number of aliphatic hydroxyl groups excluding tert-OH is 1. The Morgan fingerprint density at radius 3 is 2.75 bits per heavy atom. The number of methoxy groups -OCH3 is 1. The van der Waals surface area contributed by atoms with E-state index < -0.39 is 6.10 Å². The van der Waals surface area contributed by atoms with Crippen LogP contribution in [0.2, 0.25) is 0 Å². The highest BCUT2D eigenvalue weighted by atomic mass is 16.5. The molecular formula is C15H21N3O2. The van der Waals surface area contributed by atoms with Crippen LogP contribution in [0.5, 0.6) is 5.75 Å². The van der Waals surface area contributed by atoms with Crippen molar-refractivity contribution in [1.29, 1.82) is 0 Å². The molecule has 1 aromatic carbocycles. The topological polar surface area (TPSA) is 50.5 Å². The molecule has 0 bridgehead atoms. The van der Waals surface area contributed by atoms with Crippen molar-refractivity contribution in [3.8, 4) is 5.75 Å². The molecule has 108 valence electrons. The minimum atomic E-state index is -0.586. The predicted octanol–water partition coefficient (Wildman–Crippen LogP) is 2.12. The Bertz CT molecular complexity index is 578. The molecule has 0 saturated heterocycles. The lowest BCUT2D eigenvalue weighted by Gasteiger charge is -2.24. The number of aryl methyl sites for hydroxylation is 1. The maximum Gasteiger partial charge on any atom is 0.126 e. The van der Waals surface area contributed by atoms with E-state index in [0.29, 0.717) is 5.75 Å². The summed E-state index contributed by atoms with van der Waals surface area (Å²) in [6, 6.07) is 5.78. The van der Waals surface area contributed by atoms with Crippen molar-refractivity contribution < 1.29 is 9.84 Å². The maximum absolute atomic E-state index is 10.0. The number of nitrogens with zero attached hydrogens (tertiary/aromatic N) is 3. The van der Waals surface area contributed by atoms with Gasteiger partial charge in [-0.15, -0.1) is 0 Å². The summed E-state index contributed by atoms with van der Waals surface area (Å²) in [7, 11) is 5.51. The van der Waals surface area contributed by atoms with Gasteiger partial charge in [0.15, 0.2) is 0 Å². The van der Waals surface area contributed by atoms with E-state index in [4.69, 9.17) is 4.74 Å². The normalized spacial score (nSPS) is 12.2. The number of aromatic nitrogens is 2. The standard InChI is InChI=1S/C15H21N3O2/c1-11(19)15-13(6-5-7-14(15)20-4)17(2)9-12-8-16-18(3)10-12/h5-8,10-11,19H,9H2,1-4H3. The third kappa shape index (κ3) is 2.93. The van der Waals surface area contributed by atoms with Crippen LogP contribution >= 0.6 is 0 Å². The quantitative estimate of drug-likeness (QED) is 0.908. The summed E-state index contributed by atoms with van der Waals surface area (Å²) in [5.74, 6) is 0.704. The van der Waals surface area contributed by atoms with E-state index in [0.717, 1.165) is 23.4 Å². The second-order valence-corrected chi connectivity index (χ2v) is 4.95. The van der Waals surface area contributed by atoms with Gasteiger partial charge in [-0.2, -0.15) is 5.10 Å². The molecule has 0 aliphatic rings. The molecule has 2 rings (SSSR count). The van der Waals surface area contributed by atoms with Gasteiger partial charge in [0.1, 0.15) is 5.75 Å². The van der Waals surface area contributed by atoms with Crippen LogP contribution in [0.4, 0.5) is 5.69 Å². The summed E-state index contributed by atoms with van der Waals surface area (Å²) in [6.07, 6.45) is 3.25. The smallest absolute Gasteiger partial charge is 0.126 e. The predicted molar refractivity (Wildman–Crippen MR) is 78.9 cm³/mol. The van der Waals surface area contributed by atoms with E-state index in [1.165, 1.54) is 0 Å². The summed E-state index contributed by atoms with van der Waals surface area (Å²) in [5, 5.41) is 14.2. The molecule has 5 heteroatoms. The minimum Gasteiger partial charge on any atom is -0.496 e. The third-order valence-electron chi connectivity index (χ3n) is 3.27. The molecule has 1 aromatic heterocycles. The molecule has 5 nitrogen and oxygen atoms in total. The SMILES string of the molecule is COc1cccc(N(C)Cc2cnn(C)c2)c1C(C)O. The molecule has 0 aliphatic carbocycles. The molecule has 0 amide bonds. The van der Waals surface area contributed by atoms with Gasteiger partial charge in [0.2, 0.25) is 0 Å². The van der Waals surface area contributed by atoms with Crippen LogP contribution in [-0.2, 0) is 13.6 Å². The van der Waals surface area contributed by atoms with Gasteiger partial charge < -0.3 is 14.7 Å². The molecule has 0 fully saturated rings. The summed E-state index contributed by atoms with van der Waals surface area (Å²) < 4.78 is 7.13. The van der Waals surface area contributed by atoms with Gasteiger partial charge in [-0.25, -0.2) is 0 Å². The molecule has 1 atom stereocenters. The van der Waals surface area contributed by atoms with Gasteiger partial charge >= 0.3 is 0 Å². The minimum absolute atomic E-state index is 0.586. The lowest BCUT2D eigenvalue weighted by molar-refractivity contribution is 0.194. The first-order valence-electron chi connectivity index (χ1n) is 6.56. The molecule has 0 saturated carbocycles. The third-order valence-corrected chi connectivity index (χ3v) is 3.27. The number of rotatable bonds is 5. The van der Waals surface area contributed by atoms with E-state index in [2.05, 4.69) is 10.00 Å². The van der Waals surface area contributed by atoms with Gasteiger partial charge in [-0.1, -0.05) is 6.07 Å². The Kier molecular flexibility index (Phi) is 4.29. The first-order valence-corrected chi connectivity index (χ1v) is 6.56. The van der Waals surface area contributed by atoms with Gasteiger partial charge in [-0.05, 0) is 19.1 Å². The van der Waals surface area contributed by atoms with E-state index in [9.17, 15) is 5.11 Å². The van der Waals surface area contributed by atoms with E-state index >= 15 is 0 Å². The van der Waals surface area contributed by atoms with Crippen molar-refractivity contribution in [3.63, 3.8) is 0 Å². The van der Waals surface area contributed by atoms with Crippen molar-refractivity contribution in [2.24, 2.45) is 7.05 Å². The van der Waals surface area contributed by atoms with Crippen LogP contribution < -0.4 is 9.64 Å². The van der Waals surface area contributed by atoms with Gasteiger partial charge in [-0.3, -0.25) is 4.68 Å². The van der Waals surface area contributed by atoms with Gasteiger partial charge in [0.05, 0.1) is 19.4 Å². The summed E-state index contributed by atoms with van der Waals surface area (Å²) >= 11 is 0. The number of benzene rings is 1. The average Bonchev–Trinajstić information content (AvgIpc) is 2.82. The summed E-state index contributed by atoms with van der Waals surface area (Å²) in [4.78, 5) is 2.08. The van der Waals surface area contributed by atoms with Crippen LogP contribution in [-0.4, -0.2) is 29.0 Å². The Balaban J connectivity index is 2.31. The van der Waals surface area contributed by atoms with E-state index in [1.54, 1.807) is 18.7 Å². The van der Waals surface area contributed by atoms with E-state index in [1.807, 2.05) is 44.7 Å². The zero-order chi connectivity index (χ0) is 14.7. The molecule has 2 aromatic rings. The molecule has 0 radical (unpaired) electrons. The zero-order valence-corrected chi connectivity index (χ0v) is 12.4. The zero-order valence-electron chi connectivity index (χ0n) is 12.4. The summed E-state index contributed by atoms with van der Waals surface area (Å²) in [5.41, 5.74) is 2.89. The second-order valence-electron chi connectivity index (χ2n) is 4.95. The van der Waals surface area contributed by atoms with Crippen LogP contribution in [0.3, 0.4) is 0 Å². The number of hydrogen-bond acceptors (Lipinski definition) is 4. The van der Waals surface area contributed by atoms with Crippen molar-refractivity contribution in [2.75, 3.05) is 19.1 Å². The van der Waals surface area contributed by atoms with Crippen molar-refractivity contribution >= 4 is 5.69 Å². The fourth-order valence-electron chi connectivity index (χ4n) is 2.38. The number of anilines is 1. The lowest BCUT2D eigenvalue weighted by Crippen LogP contribution is -2.18. The highest BCUT2D eigenvalue weighted by Crippen LogP contribution is 2.34. The van der Waals surface area contributed by atoms with Crippen molar-refractivity contribution in [1.82, 2.24) is 9.78 Å². The monoisotopic (exact) mass is 275 g/mol. The summed E-state index contributed by atoms with van der Waals surface area (Å²) in [6.45, 7) is 2.47. The van der Waals surface area contributed by atoms with Crippen LogP contribution in [0, 0.1) is 0 Å². The van der Waals surface area contributed by atoms with Crippen LogP contribution in [0.15, 0.2) is 30.6 Å². The number of aliphatic hydroxyl groups is 1. The van der Waals surface area contributed by atoms with Gasteiger partial charge in [0, 0.05) is 43.7 Å². The van der Waals surface area contributed by atoms with Crippen LogP contribution in [0.25, 0.3) is 0 Å². The Morgan fingerprint density at radius 2 is 2.20 bits per heavy atom. The largest absolute Gasteiger partial charge is 0.496 e. The highest BCUT2D eigenvalue weighted by molar-refractivity contribution is 5.60. The average molecular weight is 275 g/mol. The first kappa shape index (κ1) is 14.4. The maximum atomic E-state index is 10.0. The van der Waals surface area contributed by atoms with Crippen molar-refractivity contribution in [2.45, 2.75) is 19.6 Å². The Hall–Kier alpha value is -2.01. The first-order chi connectivity index (χ1) is 9.52. The molecule has 1 N–H and O–H groups in total. The van der Waals surface area contributed by atoms with Crippen LogP contribution in [0.1, 0.15) is 24.2 Å². The number of ether oxygens (including phenoxy) is 1. The van der Waals surface area contributed by atoms with E-state index in [-0.39, 0.29) is 0 Å². The van der Waals surface area contributed by atoms with Crippen molar-refractivity contribution in [3.05, 3.63) is 41.7 Å². The molecule has 20 heavy (non-hydrogen) atoms. The molecular weight excluding hydrogens is 254 g/mol. The molecule has 0 aliphatic heterocycles. The highest BCUT2D eigenvalue weighted by Gasteiger charge is 2.17. The molecule has 0 spiro atoms. The lowest BCUT2D eigenvalue weighted by atomic mass is 10.1. The van der Waals surface area contributed by atoms with Gasteiger partial charge in [0.25, 0.3) is 0 Å². The fourth-order valence-corrected chi connectivity index (χ4v) is 2.38.